The highest BCUT2D eigenvalue weighted by Crippen LogP contribution is 2.30. The quantitative estimate of drug-likeness (QED) is 0.262. The summed E-state index contributed by atoms with van der Waals surface area (Å²) in [6.45, 7) is 6.32. The molecule has 0 spiro atoms. The Morgan fingerprint density at radius 3 is 2.08 bits per heavy atom. The second kappa shape index (κ2) is 12.1. The Morgan fingerprint density at radius 1 is 0.861 bits per heavy atom. The van der Waals surface area contributed by atoms with Gasteiger partial charge in [-0.1, -0.05) is 51.1 Å². The largest absolute Gasteiger partial charge is 0.461 e. The van der Waals surface area contributed by atoms with Crippen molar-refractivity contribution >= 4 is 5.69 Å². The Hall–Kier alpha value is -3.26. The molecule has 8 heteroatoms. The summed E-state index contributed by atoms with van der Waals surface area (Å²) in [5, 5.41) is 10.6. The van der Waals surface area contributed by atoms with E-state index in [1.165, 1.54) is 18.2 Å². The molecule has 0 aliphatic carbocycles. The number of benzene rings is 3. The van der Waals surface area contributed by atoms with E-state index in [4.69, 9.17) is 4.74 Å². The maximum Gasteiger partial charge on any atom is 0.461 e. The molecule has 0 radical (unpaired) electrons. The van der Waals surface area contributed by atoms with Crippen LogP contribution in [0.15, 0.2) is 72.8 Å². The molecule has 0 aliphatic heterocycles. The molecular formula is C28H31F4NO3. The van der Waals surface area contributed by atoms with Crippen molar-refractivity contribution in [3.05, 3.63) is 83.9 Å². The molecule has 3 aromatic carbocycles. The minimum Gasteiger partial charge on any atom is -0.457 e. The predicted molar refractivity (Wildman–Crippen MR) is 132 cm³/mol. The molecule has 194 valence electrons. The van der Waals surface area contributed by atoms with Crippen molar-refractivity contribution in [3.8, 4) is 17.2 Å². The summed E-state index contributed by atoms with van der Waals surface area (Å²) in [7, 11) is 0. The van der Waals surface area contributed by atoms with Crippen LogP contribution in [-0.2, 0) is 13.0 Å². The van der Waals surface area contributed by atoms with Gasteiger partial charge in [-0.15, -0.1) is 0 Å². The molecule has 0 saturated carbocycles. The van der Waals surface area contributed by atoms with E-state index < -0.39 is 18.6 Å². The van der Waals surface area contributed by atoms with Crippen molar-refractivity contribution in [2.75, 3.05) is 11.4 Å². The number of aliphatic hydroxyl groups excluding tert-OH is 1. The molecule has 1 unspecified atom stereocenters. The van der Waals surface area contributed by atoms with Crippen LogP contribution in [0.5, 0.6) is 17.2 Å². The fourth-order valence-corrected chi connectivity index (χ4v) is 3.54. The lowest BCUT2D eigenvalue weighted by atomic mass is 10.1. The highest BCUT2D eigenvalue weighted by Gasteiger charge is 2.44. The zero-order valence-electron chi connectivity index (χ0n) is 20.5. The number of alkyl halides is 4. The number of anilines is 1. The number of ether oxygens (including phenoxy) is 2. The van der Waals surface area contributed by atoms with Crippen LogP contribution >= 0.6 is 0 Å². The summed E-state index contributed by atoms with van der Waals surface area (Å²) in [5.74, 6) is 0.904. The van der Waals surface area contributed by atoms with Crippen molar-refractivity contribution in [3.63, 3.8) is 0 Å². The van der Waals surface area contributed by atoms with Crippen LogP contribution in [0.4, 0.5) is 23.2 Å². The Balaban J connectivity index is 1.86. The van der Waals surface area contributed by atoms with Gasteiger partial charge in [-0.2, -0.15) is 17.6 Å². The van der Waals surface area contributed by atoms with Crippen molar-refractivity contribution in [2.24, 2.45) is 5.92 Å². The van der Waals surface area contributed by atoms with Gasteiger partial charge in [0.2, 0.25) is 0 Å². The van der Waals surface area contributed by atoms with Crippen LogP contribution in [0.3, 0.4) is 0 Å². The molecule has 36 heavy (non-hydrogen) atoms. The standard InChI is InChI=1S/C28H31F4NO3/c1-4-20-8-5-11-23(14-20)35-24-12-7-10-22(16-24)33(18-26(34)19(2)3)17-21-9-6-13-25(15-21)36-28(31,32)27(29)30/h5-16,19,26-27,34H,4,17-18H2,1-3H3. The van der Waals surface area contributed by atoms with E-state index in [9.17, 15) is 22.7 Å². The first-order valence-electron chi connectivity index (χ1n) is 11.8. The van der Waals surface area contributed by atoms with E-state index in [0.29, 0.717) is 17.1 Å². The molecule has 3 aromatic rings. The lowest BCUT2D eigenvalue weighted by Gasteiger charge is -2.29. The van der Waals surface area contributed by atoms with E-state index in [1.54, 1.807) is 6.07 Å². The average molecular weight is 506 g/mol. The number of aliphatic hydroxyl groups is 1. The highest BCUT2D eigenvalue weighted by atomic mass is 19.3. The van der Waals surface area contributed by atoms with E-state index in [0.717, 1.165) is 17.7 Å². The van der Waals surface area contributed by atoms with Gasteiger partial charge in [0.15, 0.2) is 0 Å². The topological polar surface area (TPSA) is 41.9 Å². The zero-order valence-corrected chi connectivity index (χ0v) is 20.5. The predicted octanol–water partition coefficient (Wildman–Crippen LogP) is 7.30. The van der Waals surface area contributed by atoms with Crippen LogP contribution < -0.4 is 14.4 Å². The minimum atomic E-state index is -4.59. The highest BCUT2D eigenvalue weighted by molar-refractivity contribution is 5.52. The zero-order chi connectivity index (χ0) is 26.3. The number of halogens is 4. The van der Waals surface area contributed by atoms with Crippen LogP contribution in [0.1, 0.15) is 31.9 Å². The Labute approximate surface area is 209 Å². The molecule has 0 bridgehead atoms. The molecule has 0 amide bonds. The van der Waals surface area contributed by atoms with Gasteiger partial charge in [0.25, 0.3) is 0 Å². The van der Waals surface area contributed by atoms with Gasteiger partial charge in [-0.3, -0.25) is 0 Å². The maximum absolute atomic E-state index is 13.4. The Bertz CT molecular complexity index is 1120. The third-order valence-corrected chi connectivity index (χ3v) is 5.68. The molecule has 0 saturated heterocycles. The first-order valence-corrected chi connectivity index (χ1v) is 11.8. The number of aryl methyl sites for hydroxylation is 1. The SMILES string of the molecule is CCc1cccc(Oc2cccc(N(Cc3cccc(OC(F)(F)C(F)F)c3)CC(O)C(C)C)c2)c1. The molecule has 0 aliphatic rings. The molecule has 1 atom stereocenters. The van der Waals surface area contributed by atoms with Gasteiger partial charge in [0, 0.05) is 24.8 Å². The van der Waals surface area contributed by atoms with Gasteiger partial charge in [-0.05, 0) is 59.9 Å². The lowest BCUT2D eigenvalue weighted by molar-refractivity contribution is -0.253. The monoisotopic (exact) mass is 505 g/mol. The Kier molecular flexibility index (Phi) is 9.20. The van der Waals surface area contributed by atoms with Crippen LogP contribution in [0.2, 0.25) is 0 Å². The number of hydrogen-bond acceptors (Lipinski definition) is 4. The van der Waals surface area contributed by atoms with Gasteiger partial charge in [0.05, 0.1) is 6.10 Å². The number of nitrogens with zero attached hydrogens (tertiary/aromatic N) is 1. The molecule has 3 rings (SSSR count). The average Bonchev–Trinajstić information content (AvgIpc) is 2.83. The number of hydrogen-bond donors (Lipinski definition) is 1. The fourth-order valence-electron chi connectivity index (χ4n) is 3.54. The molecular weight excluding hydrogens is 474 g/mol. The van der Waals surface area contributed by atoms with Crippen LogP contribution in [-0.4, -0.2) is 30.3 Å². The van der Waals surface area contributed by atoms with E-state index in [1.807, 2.05) is 67.3 Å². The summed E-state index contributed by atoms with van der Waals surface area (Å²) in [6.07, 6.45) is -8.32. The minimum absolute atomic E-state index is 0.0249. The van der Waals surface area contributed by atoms with Crippen molar-refractivity contribution in [2.45, 2.75) is 52.4 Å². The van der Waals surface area contributed by atoms with E-state index in [-0.39, 0.29) is 24.8 Å². The third kappa shape index (κ3) is 7.62. The van der Waals surface area contributed by atoms with E-state index in [2.05, 4.69) is 11.7 Å². The molecule has 0 aromatic heterocycles. The second-order valence-electron chi connectivity index (χ2n) is 8.90. The summed E-state index contributed by atoms with van der Waals surface area (Å²) in [4.78, 5) is 1.88. The van der Waals surface area contributed by atoms with Crippen molar-refractivity contribution in [1.82, 2.24) is 0 Å². The van der Waals surface area contributed by atoms with Gasteiger partial charge < -0.3 is 19.5 Å². The molecule has 1 N–H and O–H groups in total. The first-order chi connectivity index (χ1) is 17.1. The third-order valence-electron chi connectivity index (χ3n) is 5.68. The summed E-state index contributed by atoms with van der Waals surface area (Å²) in [6, 6.07) is 20.7. The van der Waals surface area contributed by atoms with E-state index >= 15 is 0 Å². The van der Waals surface area contributed by atoms with Gasteiger partial charge in [0.1, 0.15) is 17.2 Å². The van der Waals surface area contributed by atoms with Crippen molar-refractivity contribution < 1.29 is 32.1 Å². The normalized spacial score (nSPS) is 12.6. The molecule has 4 nitrogen and oxygen atoms in total. The molecule has 0 heterocycles. The lowest BCUT2D eigenvalue weighted by Crippen LogP contribution is -2.35. The summed E-state index contributed by atoms with van der Waals surface area (Å²) < 4.78 is 62.2. The van der Waals surface area contributed by atoms with Crippen molar-refractivity contribution in [1.29, 1.82) is 0 Å². The van der Waals surface area contributed by atoms with Gasteiger partial charge >= 0.3 is 12.5 Å². The second-order valence-corrected chi connectivity index (χ2v) is 8.90. The number of rotatable bonds is 12. The molecule has 0 fully saturated rings. The Morgan fingerprint density at radius 2 is 1.44 bits per heavy atom. The first kappa shape index (κ1) is 27.3. The summed E-state index contributed by atoms with van der Waals surface area (Å²) >= 11 is 0. The smallest absolute Gasteiger partial charge is 0.457 e. The van der Waals surface area contributed by atoms with Gasteiger partial charge in [-0.25, -0.2) is 0 Å². The maximum atomic E-state index is 13.4. The fraction of sp³-hybridized carbons (Fsp3) is 0.357. The van der Waals surface area contributed by atoms with Crippen LogP contribution in [0.25, 0.3) is 0 Å². The van der Waals surface area contributed by atoms with Crippen LogP contribution in [0, 0.1) is 5.92 Å². The summed E-state index contributed by atoms with van der Waals surface area (Å²) in [5.41, 5.74) is 2.43.